The number of amides is 1. The van der Waals surface area contributed by atoms with Crippen LogP contribution >= 0.6 is 11.3 Å². The van der Waals surface area contributed by atoms with Crippen LogP contribution < -0.4 is 10.6 Å². The molecule has 1 heterocycles. The van der Waals surface area contributed by atoms with Crippen LogP contribution in [0.4, 0.5) is 0 Å². The maximum absolute atomic E-state index is 11.5. The van der Waals surface area contributed by atoms with Crippen molar-refractivity contribution < 1.29 is 14.7 Å². The highest BCUT2D eigenvalue weighted by Crippen LogP contribution is 2.17. The van der Waals surface area contributed by atoms with E-state index in [0.717, 1.165) is 4.88 Å². The van der Waals surface area contributed by atoms with E-state index in [0.29, 0.717) is 18.0 Å². The minimum absolute atomic E-state index is 0.0209. The zero-order chi connectivity index (χ0) is 13.8. The molecule has 1 rings (SSSR count). The third-order valence-corrected chi connectivity index (χ3v) is 3.65. The Labute approximate surface area is 110 Å². The van der Waals surface area contributed by atoms with Gasteiger partial charge in [-0.1, -0.05) is 0 Å². The highest BCUT2D eigenvalue weighted by molar-refractivity contribution is 7.13. The Bertz CT molecular complexity index is 440. The van der Waals surface area contributed by atoms with E-state index in [4.69, 9.17) is 5.11 Å². The summed E-state index contributed by atoms with van der Waals surface area (Å²) >= 11 is 1.24. The minimum Gasteiger partial charge on any atom is -0.477 e. The van der Waals surface area contributed by atoms with Gasteiger partial charge in [-0.15, -0.1) is 11.3 Å². The van der Waals surface area contributed by atoms with Crippen molar-refractivity contribution in [1.29, 1.82) is 0 Å². The van der Waals surface area contributed by atoms with Crippen LogP contribution in [-0.4, -0.2) is 30.6 Å². The molecule has 0 atom stereocenters. The van der Waals surface area contributed by atoms with Crippen molar-refractivity contribution in [2.75, 3.05) is 13.6 Å². The molecule has 0 aliphatic rings. The number of carbonyl (C=O) groups is 2. The Kier molecular flexibility index (Phi) is 4.86. The van der Waals surface area contributed by atoms with Gasteiger partial charge < -0.3 is 15.7 Å². The Morgan fingerprint density at radius 2 is 2.06 bits per heavy atom. The monoisotopic (exact) mass is 270 g/mol. The quantitative estimate of drug-likeness (QED) is 0.728. The maximum atomic E-state index is 11.5. The summed E-state index contributed by atoms with van der Waals surface area (Å²) in [4.78, 5) is 23.5. The van der Waals surface area contributed by atoms with Gasteiger partial charge in [0.25, 0.3) is 0 Å². The normalized spacial score (nSPS) is 11.3. The second kappa shape index (κ2) is 5.97. The zero-order valence-electron chi connectivity index (χ0n) is 10.7. The summed E-state index contributed by atoms with van der Waals surface area (Å²) in [6.07, 6.45) is 0. The Hall–Kier alpha value is -1.40. The number of aromatic carboxylic acids is 1. The second-order valence-electron chi connectivity index (χ2n) is 4.64. The lowest BCUT2D eigenvalue weighted by Gasteiger charge is -2.22. The molecule has 1 aromatic heterocycles. The van der Waals surface area contributed by atoms with Crippen LogP contribution in [0.1, 0.15) is 28.4 Å². The van der Waals surface area contributed by atoms with Crippen molar-refractivity contribution in [2.24, 2.45) is 5.41 Å². The fraction of sp³-hybridized carbons (Fsp3) is 0.500. The van der Waals surface area contributed by atoms with Gasteiger partial charge in [0.1, 0.15) is 4.88 Å². The van der Waals surface area contributed by atoms with E-state index in [9.17, 15) is 9.59 Å². The summed E-state index contributed by atoms with van der Waals surface area (Å²) < 4.78 is 0. The number of nitrogens with one attached hydrogen (secondary N) is 2. The summed E-state index contributed by atoms with van der Waals surface area (Å²) in [7, 11) is 1.61. The zero-order valence-corrected chi connectivity index (χ0v) is 11.6. The SMILES string of the molecule is CNC(=O)C(C)(C)CNCc1ccc(C(=O)O)s1. The molecule has 0 aliphatic carbocycles. The molecule has 6 heteroatoms. The standard InChI is InChI=1S/C12H18N2O3S/c1-12(2,11(17)13-3)7-14-6-8-4-5-9(18-8)10(15)16/h4-5,14H,6-7H2,1-3H3,(H,13,17)(H,15,16). The van der Waals surface area contributed by atoms with Gasteiger partial charge in [0.2, 0.25) is 5.91 Å². The van der Waals surface area contributed by atoms with E-state index in [2.05, 4.69) is 10.6 Å². The van der Waals surface area contributed by atoms with Crippen molar-refractivity contribution >= 4 is 23.2 Å². The van der Waals surface area contributed by atoms with Crippen LogP contribution in [0, 0.1) is 5.41 Å². The lowest BCUT2D eigenvalue weighted by atomic mass is 9.92. The predicted octanol–water partition coefficient (Wildman–Crippen LogP) is 1.31. The number of carbonyl (C=O) groups excluding carboxylic acids is 1. The molecule has 0 spiro atoms. The number of carboxylic acids is 1. The van der Waals surface area contributed by atoms with Gasteiger partial charge in [0.15, 0.2) is 0 Å². The first-order chi connectivity index (χ1) is 8.36. The first kappa shape index (κ1) is 14.7. The Morgan fingerprint density at radius 1 is 1.39 bits per heavy atom. The molecular weight excluding hydrogens is 252 g/mol. The molecule has 100 valence electrons. The summed E-state index contributed by atoms with van der Waals surface area (Å²) in [5.41, 5.74) is -0.484. The van der Waals surface area contributed by atoms with Crippen LogP contribution in [0.3, 0.4) is 0 Å². The van der Waals surface area contributed by atoms with Gasteiger partial charge in [0.05, 0.1) is 5.41 Å². The molecular formula is C12H18N2O3S. The van der Waals surface area contributed by atoms with Crippen molar-refractivity contribution in [2.45, 2.75) is 20.4 Å². The van der Waals surface area contributed by atoms with E-state index in [1.54, 1.807) is 19.2 Å². The largest absolute Gasteiger partial charge is 0.477 e. The smallest absolute Gasteiger partial charge is 0.345 e. The minimum atomic E-state index is -0.906. The second-order valence-corrected chi connectivity index (χ2v) is 5.81. The average molecular weight is 270 g/mol. The number of rotatable bonds is 6. The molecule has 0 saturated carbocycles. The summed E-state index contributed by atoms with van der Waals surface area (Å²) in [5, 5.41) is 14.6. The van der Waals surface area contributed by atoms with Crippen LogP contribution in [0.15, 0.2) is 12.1 Å². The molecule has 0 unspecified atom stereocenters. The van der Waals surface area contributed by atoms with E-state index in [1.807, 2.05) is 13.8 Å². The van der Waals surface area contributed by atoms with Crippen LogP contribution in [0.5, 0.6) is 0 Å². The fourth-order valence-electron chi connectivity index (χ4n) is 1.50. The van der Waals surface area contributed by atoms with E-state index >= 15 is 0 Å². The maximum Gasteiger partial charge on any atom is 0.345 e. The summed E-state index contributed by atoms with van der Waals surface area (Å²) in [5.74, 6) is -0.927. The van der Waals surface area contributed by atoms with Crippen molar-refractivity contribution in [3.05, 3.63) is 21.9 Å². The van der Waals surface area contributed by atoms with E-state index < -0.39 is 11.4 Å². The molecule has 1 amide bonds. The number of hydrogen-bond acceptors (Lipinski definition) is 4. The van der Waals surface area contributed by atoms with Crippen molar-refractivity contribution in [3.63, 3.8) is 0 Å². The van der Waals surface area contributed by atoms with Gasteiger partial charge in [-0.25, -0.2) is 4.79 Å². The molecule has 3 N–H and O–H groups in total. The van der Waals surface area contributed by atoms with E-state index in [1.165, 1.54) is 11.3 Å². The topological polar surface area (TPSA) is 78.4 Å². The first-order valence-electron chi connectivity index (χ1n) is 5.62. The van der Waals surface area contributed by atoms with Gasteiger partial charge in [-0.2, -0.15) is 0 Å². The van der Waals surface area contributed by atoms with Gasteiger partial charge >= 0.3 is 5.97 Å². The highest BCUT2D eigenvalue weighted by atomic mass is 32.1. The summed E-state index contributed by atoms with van der Waals surface area (Å²) in [6, 6.07) is 3.38. The molecule has 0 aromatic carbocycles. The Morgan fingerprint density at radius 3 is 2.56 bits per heavy atom. The lowest BCUT2D eigenvalue weighted by Crippen LogP contribution is -2.41. The molecule has 0 radical (unpaired) electrons. The highest BCUT2D eigenvalue weighted by Gasteiger charge is 2.25. The molecule has 0 fully saturated rings. The van der Waals surface area contributed by atoms with Gasteiger partial charge in [0, 0.05) is 25.0 Å². The van der Waals surface area contributed by atoms with Crippen molar-refractivity contribution in [3.8, 4) is 0 Å². The number of carboxylic acid groups (broad SMARTS) is 1. The van der Waals surface area contributed by atoms with Gasteiger partial charge in [-0.3, -0.25) is 4.79 Å². The fourth-order valence-corrected chi connectivity index (χ4v) is 2.32. The van der Waals surface area contributed by atoms with Crippen LogP contribution in [0.2, 0.25) is 0 Å². The van der Waals surface area contributed by atoms with E-state index in [-0.39, 0.29) is 5.91 Å². The first-order valence-corrected chi connectivity index (χ1v) is 6.43. The molecule has 5 nitrogen and oxygen atoms in total. The third kappa shape index (κ3) is 3.82. The molecule has 0 saturated heterocycles. The lowest BCUT2D eigenvalue weighted by molar-refractivity contribution is -0.128. The number of hydrogen-bond donors (Lipinski definition) is 3. The third-order valence-electron chi connectivity index (χ3n) is 2.58. The average Bonchev–Trinajstić information content (AvgIpc) is 2.76. The Balaban J connectivity index is 2.46. The molecule has 0 bridgehead atoms. The molecule has 1 aromatic rings. The van der Waals surface area contributed by atoms with Crippen molar-refractivity contribution in [1.82, 2.24) is 10.6 Å². The predicted molar refractivity (Wildman–Crippen MR) is 70.8 cm³/mol. The molecule has 18 heavy (non-hydrogen) atoms. The van der Waals surface area contributed by atoms with Crippen LogP contribution in [-0.2, 0) is 11.3 Å². The van der Waals surface area contributed by atoms with Crippen LogP contribution in [0.25, 0.3) is 0 Å². The van der Waals surface area contributed by atoms with Gasteiger partial charge in [-0.05, 0) is 26.0 Å². The summed E-state index contributed by atoms with van der Waals surface area (Å²) in [6.45, 7) is 4.82. The molecule has 0 aliphatic heterocycles. The number of thiophene rings is 1.